The van der Waals surface area contributed by atoms with Gasteiger partial charge in [0.15, 0.2) is 5.11 Å². The zero-order valence-electron chi connectivity index (χ0n) is 18.7. The molecule has 1 unspecified atom stereocenters. The molecule has 32 heavy (non-hydrogen) atoms. The van der Waals surface area contributed by atoms with Gasteiger partial charge in [0.2, 0.25) is 5.82 Å². The van der Waals surface area contributed by atoms with Crippen LogP contribution in [0.5, 0.6) is 0 Å². The summed E-state index contributed by atoms with van der Waals surface area (Å²) in [6.45, 7) is 9.27. The number of allylic oxidation sites excluding steroid dienone is 1. The van der Waals surface area contributed by atoms with Crippen molar-refractivity contribution in [2.75, 3.05) is 6.54 Å². The van der Waals surface area contributed by atoms with Gasteiger partial charge in [-0.1, -0.05) is 50.2 Å². The minimum atomic E-state index is -0.305. The number of nitrogens with zero attached hydrogens (tertiary/aromatic N) is 3. The molecule has 1 aromatic heterocycles. The quantitative estimate of drug-likeness (QED) is 0.482. The number of hydrogen-bond acceptors (Lipinski definition) is 4. The molecular formula is C25H27FN4OS. The van der Waals surface area contributed by atoms with Crippen LogP contribution in [0.2, 0.25) is 0 Å². The van der Waals surface area contributed by atoms with Gasteiger partial charge in [0, 0.05) is 17.8 Å². The Morgan fingerprint density at radius 3 is 2.44 bits per heavy atom. The number of rotatable bonds is 6. The third kappa shape index (κ3) is 4.43. The summed E-state index contributed by atoms with van der Waals surface area (Å²) in [5.74, 6) is 0.962. The van der Waals surface area contributed by atoms with Gasteiger partial charge in [-0.3, -0.25) is 0 Å². The van der Waals surface area contributed by atoms with Crippen LogP contribution in [0.25, 0.3) is 17.0 Å². The van der Waals surface area contributed by atoms with E-state index in [0.29, 0.717) is 28.3 Å². The van der Waals surface area contributed by atoms with Crippen molar-refractivity contribution in [3.8, 4) is 11.4 Å². The first kappa shape index (κ1) is 22.1. The van der Waals surface area contributed by atoms with Crippen molar-refractivity contribution in [1.29, 1.82) is 0 Å². The molecule has 0 spiro atoms. The number of hydrogen-bond donors (Lipinski definition) is 1. The summed E-state index contributed by atoms with van der Waals surface area (Å²) >= 11 is 5.72. The van der Waals surface area contributed by atoms with Crippen molar-refractivity contribution < 1.29 is 8.91 Å². The highest BCUT2D eigenvalue weighted by Gasteiger charge is 2.34. The van der Waals surface area contributed by atoms with Crippen molar-refractivity contribution in [1.82, 2.24) is 20.4 Å². The Hall–Kier alpha value is -3.06. The average molecular weight is 451 g/mol. The molecule has 0 saturated heterocycles. The summed E-state index contributed by atoms with van der Waals surface area (Å²) in [6, 6.07) is 14.3. The van der Waals surface area contributed by atoms with Crippen LogP contribution >= 0.6 is 12.2 Å². The Morgan fingerprint density at radius 2 is 1.81 bits per heavy atom. The minimum Gasteiger partial charge on any atom is -0.351 e. The lowest BCUT2D eigenvalue weighted by Crippen LogP contribution is -2.47. The van der Waals surface area contributed by atoms with Gasteiger partial charge in [0.1, 0.15) is 5.82 Å². The molecule has 0 amide bonds. The third-order valence-electron chi connectivity index (χ3n) is 5.62. The van der Waals surface area contributed by atoms with Crippen molar-refractivity contribution in [2.24, 2.45) is 5.92 Å². The van der Waals surface area contributed by atoms with E-state index in [1.165, 1.54) is 17.7 Å². The molecule has 1 atom stereocenters. The Labute approximate surface area is 193 Å². The van der Waals surface area contributed by atoms with E-state index in [1.54, 1.807) is 12.1 Å². The van der Waals surface area contributed by atoms with Crippen LogP contribution in [0.3, 0.4) is 0 Å². The molecule has 0 aliphatic carbocycles. The van der Waals surface area contributed by atoms with Crippen LogP contribution in [-0.2, 0) is 6.42 Å². The lowest BCUT2D eigenvalue weighted by atomic mass is 9.93. The maximum absolute atomic E-state index is 13.3. The predicted molar refractivity (Wildman–Crippen MR) is 128 cm³/mol. The molecule has 0 bridgehead atoms. The molecule has 166 valence electrons. The van der Waals surface area contributed by atoms with Gasteiger partial charge < -0.3 is 14.7 Å². The van der Waals surface area contributed by atoms with Crippen molar-refractivity contribution in [3.05, 3.63) is 77.1 Å². The Morgan fingerprint density at radius 1 is 1.12 bits per heavy atom. The molecule has 1 aliphatic heterocycles. The second kappa shape index (κ2) is 9.20. The topological polar surface area (TPSA) is 54.2 Å². The van der Waals surface area contributed by atoms with Crippen molar-refractivity contribution in [3.63, 3.8) is 0 Å². The molecule has 0 saturated carbocycles. The van der Waals surface area contributed by atoms with Crippen molar-refractivity contribution >= 4 is 22.9 Å². The molecule has 4 rings (SSSR count). The monoisotopic (exact) mass is 450 g/mol. The highest BCUT2D eigenvalue weighted by Crippen LogP contribution is 2.37. The first-order chi connectivity index (χ1) is 15.4. The van der Waals surface area contributed by atoms with E-state index in [9.17, 15) is 4.39 Å². The number of nitrogens with one attached hydrogen (secondary N) is 1. The number of benzene rings is 2. The second-order valence-electron chi connectivity index (χ2n) is 8.41. The number of thiocarbonyl (C=S) groups is 1. The molecule has 1 N–H and O–H groups in total. The molecule has 3 aromatic rings. The molecule has 0 radical (unpaired) electrons. The summed E-state index contributed by atoms with van der Waals surface area (Å²) in [6.07, 6.45) is 0.978. The lowest BCUT2D eigenvalue weighted by Gasteiger charge is -2.38. The first-order valence-electron chi connectivity index (χ1n) is 10.8. The zero-order valence-corrected chi connectivity index (χ0v) is 19.5. The molecule has 5 nitrogen and oxygen atoms in total. The minimum absolute atomic E-state index is 0.210. The van der Waals surface area contributed by atoms with Crippen LogP contribution < -0.4 is 5.32 Å². The third-order valence-corrected chi connectivity index (χ3v) is 5.96. The summed E-state index contributed by atoms with van der Waals surface area (Å²) in [5.41, 5.74) is 4.92. The Kier molecular flexibility index (Phi) is 6.37. The van der Waals surface area contributed by atoms with Gasteiger partial charge >= 0.3 is 0 Å². The second-order valence-corrected chi connectivity index (χ2v) is 8.80. The summed E-state index contributed by atoms with van der Waals surface area (Å²) < 4.78 is 19.1. The zero-order chi connectivity index (χ0) is 22.8. The predicted octanol–water partition coefficient (Wildman–Crippen LogP) is 5.76. The summed E-state index contributed by atoms with van der Waals surface area (Å²) in [5, 5.41) is 8.33. The van der Waals surface area contributed by atoms with E-state index in [-0.39, 0.29) is 11.9 Å². The molecule has 0 fully saturated rings. The van der Waals surface area contributed by atoms with Gasteiger partial charge in [-0.25, -0.2) is 4.39 Å². The van der Waals surface area contributed by atoms with Gasteiger partial charge in [-0.05, 0) is 66.9 Å². The SMILES string of the molecule is CCc1ccc(C2NC(=S)N(CC(C)C)C(C)=C2c2nc(-c3ccc(F)cc3)no2)cc1. The van der Waals surface area contributed by atoms with Crippen molar-refractivity contribution in [2.45, 2.75) is 40.2 Å². The normalized spacial score (nSPS) is 16.6. The standard InChI is InChI=1S/C25H27FN4OS/c1-5-17-6-8-18(9-7-17)22-21(16(4)30(14-15(2)3)25(32)27-22)24-28-23(29-31-24)19-10-12-20(26)13-11-19/h6-13,15,22H,5,14H2,1-4H3,(H,27,32). The van der Waals surface area contributed by atoms with Crippen LogP contribution in [0, 0.1) is 11.7 Å². The van der Waals surface area contributed by atoms with Gasteiger partial charge in [0.25, 0.3) is 5.89 Å². The van der Waals surface area contributed by atoms with Crippen LogP contribution in [0.1, 0.15) is 50.8 Å². The number of aromatic nitrogens is 2. The fourth-order valence-corrected chi connectivity index (χ4v) is 4.22. The maximum Gasteiger partial charge on any atom is 0.258 e. The van der Waals surface area contributed by atoms with E-state index in [4.69, 9.17) is 16.7 Å². The van der Waals surface area contributed by atoms with Gasteiger partial charge in [-0.2, -0.15) is 4.98 Å². The van der Waals surface area contributed by atoms with Crippen LogP contribution in [-0.4, -0.2) is 26.7 Å². The first-order valence-corrected chi connectivity index (χ1v) is 11.3. The number of aryl methyl sites for hydroxylation is 1. The Balaban J connectivity index is 1.79. The average Bonchev–Trinajstić information content (AvgIpc) is 3.26. The molecular weight excluding hydrogens is 423 g/mol. The fourth-order valence-electron chi connectivity index (χ4n) is 3.89. The largest absolute Gasteiger partial charge is 0.351 e. The summed E-state index contributed by atoms with van der Waals surface area (Å²) in [4.78, 5) is 6.76. The lowest BCUT2D eigenvalue weighted by molar-refractivity contribution is 0.386. The van der Waals surface area contributed by atoms with E-state index in [1.807, 2.05) is 6.92 Å². The van der Waals surface area contributed by atoms with Gasteiger partial charge in [0.05, 0.1) is 11.6 Å². The highest BCUT2D eigenvalue weighted by atomic mass is 32.1. The number of halogens is 1. The maximum atomic E-state index is 13.3. The smallest absolute Gasteiger partial charge is 0.258 e. The fraction of sp³-hybridized carbons (Fsp3) is 0.320. The van der Waals surface area contributed by atoms with Gasteiger partial charge in [-0.15, -0.1) is 0 Å². The van der Waals surface area contributed by atoms with E-state index >= 15 is 0 Å². The Bertz CT molecular complexity index is 1140. The molecule has 2 aromatic carbocycles. The molecule has 2 heterocycles. The van der Waals surface area contributed by atoms with Crippen LogP contribution in [0.4, 0.5) is 4.39 Å². The van der Waals surface area contributed by atoms with E-state index in [0.717, 1.165) is 29.8 Å². The molecule has 1 aliphatic rings. The highest BCUT2D eigenvalue weighted by molar-refractivity contribution is 7.80. The molecule has 7 heteroatoms. The van der Waals surface area contributed by atoms with E-state index in [2.05, 4.69) is 65.4 Å². The van der Waals surface area contributed by atoms with Crippen LogP contribution in [0.15, 0.2) is 58.8 Å². The van der Waals surface area contributed by atoms with E-state index < -0.39 is 0 Å². The summed E-state index contributed by atoms with van der Waals surface area (Å²) in [7, 11) is 0.